The fourth-order valence-electron chi connectivity index (χ4n) is 2.95. The summed E-state index contributed by atoms with van der Waals surface area (Å²) in [7, 11) is 0. The molecule has 0 bridgehead atoms. The number of rotatable bonds is 6. The van der Waals surface area contributed by atoms with Crippen LogP contribution >= 0.6 is 23.4 Å². The number of carbonyl (C=O) groups is 1. The lowest BCUT2D eigenvalue weighted by molar-refractivity contribution is 0.0882. The van der Waals surface area contributed by atoms with Crippen LogP contribution in [-0.2, 0) is 0 Å². The van der Waals surface area contributed by atoms with E-state index in [4.69, 9.17) is 16.3 Å². The number of nitrogens with one attached hydrogen (secondary N) is 1. The first-order valence-electron chi connectivity index (χ1n) is 8.50. The van der Waals surface area contributed by atoms with E-state index in [9.17, 15) is 13.6 Å². The van der Waals surface area contributed by atoms with Gasteiger partial charge in [0.05, 0.1) is 23.0 Å². The predicted molar refractivity (Wildman–Crippen MR) is 99.5 cm³/mol. The standard InChI is InChI=1S/C18H18ClF2N3O2S/c19-11-9-22-18(23-10-11)26-13-7-5-12(6-8-13)24-16(25)14-3-1-2-4-15(14)27-17(20)21/h1-4,9-10,12-13,17H,5-8H2,(H,24,25). The molecule has 1 amide bonds. The van der Waals surface area contributed by atoms with Gasteiger partial charge in [-0.2, -0.15) is 8.78 Å². The van der Waals surface area contributed by atoms with Gasteiger partial charge in [-0.15, -0.1) is 0 Å². The van der Waals surface area contributed by atoms with Gasteiger partial charge in [0.15, 0.2) is 0 Å². The number of hydrogen-bond donors (Lipinski definition) is 1. The van der Waals surface area contributed by atoms with Crippen molar-refractivity contribution in [3.63, 3.8) is 0 Å². The van der Waals surface area contributed by atoms with Crippen LogP contribution in [0.2, 0.25) is 5.02 Å². The first-order valence-corrected chi connectivity index (χ1v) is 9.76. The number of nitrogens with zero attached hydrogens (tertiary/aromatic N) is 2. The summed E-state index contributed by atoms with van der Waals surface area (Å²) >= 11 is 6.13. The summed E-state index contributed by atoms with van der Waals surface area (Å²) in [4.78, 5) is 20.8. The molecule has 2 aromatic rings. The molecule has 1 fully saturated rings. The van der Waals surface area contributed by atoms with Crippen molar-refractivity contribution < 1.29 is 18.3 Å². The van der Waals surface area contributed by atoms with Gasteiger partial charge in [-0.3, -0.25) is 4.79 Å². The van der Waals surface area contributed by atoms with Crippen LogP contribution in [0, 0.1) is 0 Å². The minimum absolute atomic E-state index is 0.0203. The highest BCUT2D eigenvalue weighted by atomic mass is 35.5. The van der Waals surface area contributed by atoms with Crippen LogP contribution in [0.25, 0.3) is 0 Å². The van der Waals surface area contributed by atoms with E-state index < -0.39 is 5.76 Å². The van der Waals surface area contributed by atoms with Crippen molar-refractivity contribution in [2.24, 2.45) is 0 Å². The number of benzene rings is 1. The Morgan fingerprint density at radius 1 is 1.19 bits per heavy atom. The summed E-state index contributed by atoms with van der Waals surface area (Å²) < 4.78 is 31.1. The maximum absolute atomic E-state index is 12.7. The van der Waals surface area contributed by atoms with Crippen LogP contribution in [-0.4, -0.2) is 33.8 Å². The second-order valence-electron chi connectivity index (χ2n) is 6.12. The van der Waals surface area contributed by atoms with E-state index in [1.807, 2.05) is 0 Å². The molecule has 27 heavy (non-hydrogen) atoms. The number of aromatic nitrogens is 2. The molecule has 0 saturated heterocycles. The van der Waals surface area contributed by atoms with E-state index in [2.05, 4.69) is 15.3 Å². The number of hydrogen-bond acceptors (Lipinski definition) is 5. The summed E-state index contributed by atoms with van der Waals surface area (Å²) in [6.07, 6.45) is 5.87. The number of halogens is 3. The van der Waals surface area contributed by atoms with E-state index in [1.165, 1.54) is 18.5 Å². The average molecular weight is 414 g/mol. The van der Waals surface area contributed by atoms with Gasteiger partial charge in [-0.05, 0) is 37.8 Å². The summed E-state index contributed by atoms with van der Waals surface area (Å²) in [6.45, 7) is 0. The van der Waals surface area contributed by atoms with Gasteiger partial charge in [0, 0.05) is 10.9 Å². The molecule has 1 aliphatic carbocycles. The molecule has 0 aliphatic heterocycles. The molecule has 0 atom stereocenters. The Hall–Kier alpha value is -1.93. The van der Waals surface area contributed by atoms with Gasteiger partial charge in [0.2, 0.25) is 0 Å². The highest BCUT2D eigenvalue weighted by Crippen LogP contribution is 2.29. The molecule has 5 nitrogen and oxygen atoms in total. The molecule has 9 heteroatoms. The molecule has 1 aliphatic rings. The van der Waals surface area contributed by atoms with E-state index in [-0.39, 0.29) is 34.5 Å². The molecule has 0 unspecified atom stereocenters. The van der Waals surface area contributed by atoms with Crippen molar-refractivity contribution in [1.82, 2.24) is 15.3 Å². The maximum atomic E-state index is 12.7. The van der Waals surface area contributed by atoms with Crippen LogP contribution in [0.3, 0.4) is 0 Å². The lowest BCUT2D eigenvalue weighted by Gasteiger charge is -2.29. The van der Waals surface area contributed by atoms with Crippen molar-refractivity contribution in [2.45, 2.75) is 48.5 Å². The van der Waals surface area contributed by atoms with Crippen molar-refractivity contribution in [1.29, 1.82) is 0 Å². The van der Waals surface area contributed by atoms with Gasteiger partial charge in [-0.25, -0.2) is 9.97 Å². The zero-order chi connectivity index (χ0) is 19.2. The van der Waals surface area contributed by atoms with Gasteiger partial charge in [0.25, 0.3) is 11.7 Å². The molecular weight excluding hydrogens is 396 g/mol. The molecule has 1 saturated carbocycles. The zero-order valence-corrected chi connectivity index (χ0v) is 15.9. The van der Waals surface area contributed by atoms with E-state index in [0.29, 0.717) is 16.8 Å². The molecule has 1 heterocycles. The number of thioether (sulfide) groups is 1. The van der Waals surface area contributed by atoms with Gasteiger partial charge in [0.1, 0.15) is 6.10 Å². The topological polar surface area (TPSA) is 64.1 Å². The van der Waals surface area contributed by atoms with E-state index in [0.717, 1.165) is 25.7 Å². The molecule has 0 radical (unpaired) electrons. The largest absolute Gasteiger partial charge is 0.460 e. The van der Waals surface area contributed by atoms with E-state index >= 15 is 0 Å². The summed E-state index contributed by atoms with van der Waals surface area (Å²) in [6, 6.07) is 6.66. The highest BCUT2D eigenvalue weighted by Gasteiger charge is 2.25. The normalized spacial score (nSPS) is 19.7. The predicted octanol–water partition coefficient (Wildman–Crippen LogP) is 4.56. The second-order valence-corrected chi connectivity index (χ2v) is 7.59. The Morgan fingerprint density at radius 2 is 1.85 bits per heavy atom. The molecule has 1 aromatic heterocycles. The molecule has 1 aromatic carbocycles. The van der Waals surface area contributed by atoms with Crippen LogP contribution in [0.1, 0.15) is 36.0 Å². The van der Waals surface area contributed by atoms with Crippen molar-refractivity contribution >= 4 is 29.3 Å². The van der Waals surface area contributed by atoms with Gasteiger partial charge < -0.3 is 10.1 Å². The SMILES string of the molecule is O=C(NC1CCC(Oc2ncc(Cl)cn2)CC1)c1ccccc1SC(F)F. The summed E-state index contributed by atoms with van der Waals surface area (Å²) in [5.41, 5.74) is 0.274. The molecular formula is C18H18ClF2N3O2S. The lowest BCUT2D eigenvalue weighted by atomic mass is 9.92. The number of alkyl halides is 2. The molecule has 144 valence electrons. The number of carbonyl (C=O) groups excluding carboxylic acids is 1. The van der Waals surface area contributed by atoms with Crippen molar-refractivity contribution in [2.75, 3.05) is 0 Å². The fraction of sp³-hybridized carbons (Fsp3) is 0.389. The van der Waals surface area contributed by atoms with Crippen LogP contribution in [0.5, 0.6) is 6.01 Å². The Kier molecular flexibility index (Phi) is 6.84. The number of amides is 1. The maximum Gasteiger partial charge on any atom is 0.316 e. The smallest absolute Gasteiger partial charge is 0.316 e. The van der Waals surface area contributed by atoms with Crippen molar-refractivity contribution in [3.8, 4) is 6.01 Å². The minimum Gasteiger partial charge on any atom is -0.460 e. The summed E-state index contributed by atoms with van der Waals surface area (Å²) in [5, 5.41) is 3.38. The monoisotopic (exact) mass is 413 g/mol. The van der Waals surface area contributed by atoms with Crippen LogP contribution in [0.15, 0.2) is 41.6 Å². The molecule has 0 spiro atoms. The van der Waals surface area contributed by atoms with Crippen molar-refractivity contribution in [3.05, 3.63) is 47.2 Å². The average Bonchev–Trinajstić information content (AvgIpc) is 2.65. The first kappa shape index (κ1) is 19.8. The third-order valence-corrected chi connectivity index (χ3v) is 5.21. The Balaban J connectivity index is 1.52. The summed E-state index contributed by atoms with van der Waals surface area (Å²) in [5.74, 6) is -2.90. The zero-order valence-electron chi connectivity index (χ0n) is 14.3. The number of ether oxygens (including phenoxy) is 1. The molecule has 3 rings (SSSR count). The lowest BCUT2D eigenvalue weighted by Crippen LogP contribution is -2.40. The van der Waals surface area contributed by atoms with Gasteiger partial charge in [-0.1, -0.05) is 35.5 Å². The second kappa shape index (κ2) is 9.32. The Morgan fingerprint density at radius 3 is 2.52 bits per heavy atom. The molecule has 1 N–H and O–H groups in total. The van der Waals surface area contributed by atoms with Gasteiger partial charge >= 0.3 is 6.01 Å². The van der Waals surface area contributed by atoms with E-state index in [1.54, 1.807) is 18.2 Å². The Labute approximate surface area is 164 Å². The first-order chi connectivity index (χ1) is 13.0. The minimum atomic E-state index is -2.57. The van der Waals surface area contributed by atoms with Crippen LogP contribution < -0.4 is 10.1 Å². The highest BCUT2D eigenvalue weighted by molar-refractivity contribution is 7.99. The fourth-order valence-corrected chi connectivity index (χ4v) is 3.69. The third kappa shape index (κ3) is 5.77. The Bertz CT molecular complexity index is 771. The third-order valence-electron chi connectivity index (χ3n) is 4.23. The van der Waals surface area contributed by atoms with Crippen LogP contribution in [0.4, 0.5) is 8.78 Å². The quantitative estimate of drug-likeness (QED) is 0.703.